The van der Waals surface area contributed by atoms with Gasteiger partial charge < -0.3 is 25.1 Å². The van der Waals surface area contributed by atoms with E-state index in [0.29, 0.717) is 0 Å². The van der Waals surface area contributed by atoms with E-state index in [1.54, 1.807) is 4.57 Å². The number of carbonyl (C=O) groups excluding carboxylic acids is 2. The summed E-state index contributed by atoms with van der Waals surface area (Å²) in [5, 5.41) is 2.58. The summed E-state index contributed by atoms with van der Waals surface area (Å²) in [7, 11) is 0. The Bertz CT molecular complexity index is 996. The molecule has 1 unspecified atom stereocenters. The highest BCUT2D eigenvalue weighted by Gasteiger charge is 2.38. The first-order valence-corrected chi connectivity index (χ1v) is 9.09. The molecule has 1 aromatic heterocycles. The number of aromatic nitrogens is 2. The molecule has 160 valence electrons. The highest BCUT2D eigenvalue weighted by atomic mass is 19.3. The first-order valence-electron chi connectivity index (χ1n) is 9.09. The maximum Gasteiger partial charge on any atom is 0.261 e. The van der Waals surface area contributed by atoms with Gasteiger partial charge in [0.05, 0.1) is 30.9 Å². The number of anilines is 2. The molecule has 1 saturated heterocycles. The van der Waals surface area contributed by atoms with Crippen molar-refractivity contribution in [3.05, 3.63) is 24.1 Å². The molecule has 3 heterocycles. The second-order valence-corrected chi connectivity index (χ2v) is 6.77. The Labute approximate surface area is 168 Å². The number of fused-ring (bicyclic) bond motifs is 3. The number of morpholine rings is 1. The number of amides is 2. The Kier molecular flexibility index (Phi) is 5.24. The van der Waals surface area contributed by atoms with Crippen molar-refractivity contribution in [2.45, 2.75) is 19.0 Å². The number of rotatable bonds is 5. The number of ether oxygens (including phenoxy) is 2. The molecule has 12 heteroatoms. The van der Waals surface area contributed by atoms with E-state index in [-0.39, 0.29) is 61.6 Å². The number of hydrogen-bond donors (Lipinski definition) is 2. The molecule has 1 atom stereocenters. The van der Waals surface area contributed by atoms with Crippen LogP contribution < -0.4 is 20.7 Å². The van der Waals surface area contributed by atoms with Crippen molar-refractivity contribution in [1.82, 2.24) is 9.55 Å². The molecule has 0 radical (unpaired) electrons. The molecule has 2 amide bonds. The normalized spacial score (nSPS) is 18.5. The topological polar surface area (TPSA) is 112 Å². The average Bonchev–Trinajstić information content (AvgIpc) is 3.03. The zero-order chi connectivity index (χ0) is 21.4. The van der Waals surface area contributed by atoms with E-state index in [1.807, 2.05) is 0 Å². The van der Waals surface area contributed by atoms with E-state index in [2.05, 4.69) is 10.3 Å². The van der Waals surface area contributed by atoms with Crippen molar-refractivity contribution in [1.29, 1.82) is 0 Å². The second-order valence-electron chi connectivity index (χ2n) is 6.77. The predicted octanol–water partition coefficient (Wildman–Crippen LogP) is 0.976. The van der Waals surface area contributed by atoms with Crippen LogP contribution in [0.1, 0.15) is 0 Å². The lowest BCUT2D eigenvalue weighted by Crippen LogP contribution is -2.53. The molecular weight excluding hydrogens is 407 g/mol. The fourth-order valence-corrected chi connectivity index (χ4v) is 3.42. The van der Waals surface area contributed by atoms with Gasteiger partial charge in [-0.15, -0.1) is 0 Å². The number of primary amides is 1. The van der Waals surface area contributed by atoms with E-state index >= 15 is 0 Å². The number of nitrogens with two attached hydrogens (primary N) is 1. The van der Waals surface area contributed by atoms with Crippen molar-refractivity contribution in [3.63, 3.8) is 0 Å². The molecular formula is C18H18F3N5O4. The van der Waals surface area contributed by atoms with E-state index in [9.17, 15) is 22.8 Å². The summed E-state index contributed by atoms with van der Waals surface area (Å²) in [6.45, 7) is -0.550. The molecule has 4 rings (SSSR count). The number of nitrogens with zero attached hydrogens (tertiary/aromatic N) is 3. The lowest BCUT2D eigenvalue weighted by atomic mass is 10.1. The van der Waals surface area contributed by atoms with Crippen molar-refractivity contribution < 1.29 is 32.2 Å². The van der Waals surface area contributed by atoms with Crippen LogP contribution in [0.3, 0.4) is 0 Å². The van der Waals surface area contributed by atoms with Gasteiger partial charge >= 0.3 is 0 Å². The van der Waals surface area contributed by atoms with Gasteiger partial charge in [-0.05, 0) is 12.1 Å². The fourth-order valence-electron chi connectivity index (χ4n) is 3.42. The molecule has 2 aromatic rings. The van der Waals surface area contributed by atoms with Gasteiger partial charge in [0.2, 0.25) is 5.91 Å². The van der Waals surface area contributed by atoms with Crippen molar-refractivity contribution >= 4 is 23.3 Å². The number of hydrogen-bond acceptors (Lipinski definition) is 6. The Morgan fingerprint density at radius 3 is 2.93 bits per heavy atom. The summed E-state index contributed by atoms with van der Waals surface area (Å²) in [5.41, 5.74) is 5.38. The number of halogens is 3. The van der Waals surface area contributed by atoms with Gasteiger partial charge in [-0.25, -0.2) is 18.2 Å². The van der Waals surface area contributed by atoms with Gasteiger partial charge in [-0.1, -0.05) is 0 Å². The standard InChI is InChI=1S/C18H18F3N5O4/c19-15-10(23-5-12(22)27)2-1-9-16(15)30-4-3-25-6-13(24-18(9)25)26-11(17(20)21)7-29-8-14(26)28/h1-2,6,11,17,23H,3-5,7-8H2,(H2,22,27). The van der Waals surface area contributed by atoms with Crippen LogP contribution in [0.25, 0.3) is 11.4 Å². The molecule has 0 spiro atoms. The van der Waals surface area contributed by atoms with Gasteiger partial charge in [0.15, 0.2) is 17.4 Å². The maximum atomic E-state index is 14.9. The number of imidazole rings is 1. The summed E-state index contributed by atoms with van der Waals surface area (Å²) < 4.78 is 53.8. The van der Waals surface area contributed by atoms with Crippen LogP contribution in [0.4, 0.5) is 24.7 Å². The molecule has 30 heavy (non-hydrogen) atoms. The number of benzene rings is 1. The largest absolute Gasteiger partial charge is 0.488 e. The molecule has 0 aliphatic carbocycles. The first-order chi connectivity index (χ1) is 14.4. The lowest BCUT2D eigenvalue weighted by Gasteiger charge is -2.33. The molecule has 0 saturated carbocycles. The van der Waals surface area contributed by atoms with Crippen LogP contribution in [0.2, 0.25) is 0 Å². The van der Waals surface area contributed by atoms with Gasteiger partial charge in [-0.3, -0.25) is 14.5 Å². The zero-order valence-corrected chi connectivity index (χ0v) is 15.6. The fraction of sp³-hybridized carbons (Fsp3) is 0.389. The van der Waals surface area contributed by atoms with Crippen LogP contribution in [0.15, 0.2) is 18.3 Å². The molecule has 1 aromatic carbocycles. The summed E-state index contributed by atoms with van der Waals surface area (Å²) in [6, 6.07) is 1.46. The highest BCUT2D eigenvalue weighted by molar-refractivity contribution is 5.95. The predicted molar refractivity (Wildman–Crippen MR) is 98.9 cm³/mol. The van der Waals surface area contributed by atoms with Crippen LogP contribution >= 0.6 is 0 Å². The summed E-state index contributed by atoms with van der Waals surface area (Å²) in [4.78, 5) is 28.5. The minimum absolute atomic E-state index is 0.0221. The third kappa shape index (κ3) is 3.54. The monoisotopic (exact) mass is 425 g/mol. The third-order valence-electron chi connectivity index (χ3n) is 4.79. The molecule has 2 aliphatic rings. The first kappa shape index (κ1) is 20.0. The van der Waals surface area contributed by atoms with E-state index < -0.39 is 30.1 Å². The van der Waals surface area contributed by atoms with E-state index in [0.717, 1.165) is 4.90 Å². The Hall–Kier alpha value is -3.28. The van der Waals surface area contributed by atoms with Gasteiger partial charge in [0.25, 0.3) is 12.3 Å². The minimum atomic E-state index is -2.82. The van der Waals surface area contributed by atoms with Gasteiger partial charge in [-0.2, -0.15) is 0 Å². The quantitative estimate of drug-likeness (QED) is 0.739. The van der Waals surface area contributed by atoms with Crippen LogP contribution in [-0.4, -0.2) is 60.2 Å². The maximum absolute atomic E-state index is 14.9. The molecule has 3 N–H and O–H groups in total. The third-order valence-corrected chi connectivity index (χ3v) is 4.79. The second kappa shape index (κ2) is 7.86. The van der Waals surface area contributed by atoms with Gasteiger partial charge in [0.1, 0.15) is 25.1 Å². The van der Waals surface area contributed by atoms with Crippen LogP contribution in [-0.2, 0) is 20.9 Å². The molecule has 9 nitrogen and oxygen atoms in total. The van der Waals surface area contributed by atoms with E-state index in [1.165, 1.54) is 18.3 Å². The number of carbonyl (C=O) groups is 2. The van der Waals surface area contributed by atoms with Crippen molar-refractivity contribution in [3.8, 4) is 17.1 Å². The number of nitrogens with one attached hydrogen (secondary N) is 1. The van der Waals surface area contributed by atoms with Gasteiger partial charge in [0, 0.05) is 6.20 Å². The summed E-state index contributed by atoms with van der Waals surface area (Å²) in [5.74, 6) is -1.82. The van der Waals surface area contributed by atoms with Crippen molar-refractivity contribution in [2.75, 3.05) is 36.6 Å². The minimum Gasteiger partial charge on any atom is -0.488 e. The van der Waals surface area contributed by atoms with Crippen LogP contribution in [0, 0.1) is 5.82 Å². The van der Waals surface area contributed by atoms with Crippen LogP contribution in [0.5, 0.6) is 5.75 Å². The Morgan fingerprint density at radius 1 is 1.40 bits per heavy atom. The molecule has 1 fully saturated rings. The zero-order valence-electron chi connectivity index (χ0n) is 15.6. The lowest BCUT2D eigenvalue weighted by molar-refractivity contribution is -0.130. The summed E-state index contributed by atoms with van der Waals surface area (Å²) >= 11 is 0. The summed E-state index contributed by atoms with van der Waals surface area (Å²) in [6.07, 6.45) is -1.36. The Balaban J connectivity index is 1.73. The highest BCUT2D eigenvalue weighted by Crippen LogP contribution is 2.39. The Morgan fingerprint density at radius 2 is 2.20 bits per heavy atom. The smallest absolute Gasteiger partial charge is 0.261 e. The van der Waals surface area contributed by atoms with E-state index in [4.69, 9.17) is 15.2 Å². The van der Waals surface area contributed by atoms with Crippen molar-refractivity contribution in [2.24, 2.45) is 5.73 Å². The molecule has 0 bridgehead atoms. The number of alkyl halides is 2. The SMILES string of the molecule is NC(=O)CNc1ccc2c(c1F)OCCn1cc(N3C(=O)COCC3C(F)F)nc1-2. The molecule has 2 aliphatic heterocycles. The average molecular weight is 425 g/mol.